The largest absolute Gasteiger partial charge is 0.377 e. The van der Waals surface area contributed by atoms with E-state index in [4.69, 9.17) is 4.74 Å². The topological polar surface area (TPSA) is 21.3 Å². The quantitative estimate of drug-likeness (QED) is 0.737. The Morgan fingerprint density at radius 2 is 2.38 bits per heavy atom. The molecule has 0 aromatic heterocycles. The summed E-state index contributed by atoms with van der Waals surface area (Å²) >= 11 is 2.00. The summed E-state index contributed by atoms with van der Waals surface area (Å²) in [5.41, 5.74) is 0. The molecular weight excluding hydrogens is 182 g/mol. The summed E-state index contributed by atoms with van der Waals surface area (Å²) < 4.78 is 5.50. The van der Waals surface area contributed by atoms with E-state index < -0.39 is 0 Å². The summed E-state index contributed by atoms with van der Waals surface area (Å²) in [6.45, 7) is 7.54. The third-order valence-corrected chi connectivity index (χ3v) is 3.59. The lowest BCUT2D eigenvalue weighted by molar-refractivity contribution is 0.112. The highest BCUT2D eigenvalue weighted by molar-refractivity contribution is 7.99. The van der Waals surface area contributed by atoms with Crippen LogP contribution >= 0.6 is 11.8 Å². The molecule has 3 unspecified atom stereocenters. The molecule has 0 aromatic carbocycles. The molecule has 3 heteroatoms. The molecule has 0 aliphatic carbocycles. The smallest absolute Gasteiger partial charge is 0.0700 e. The molecule has 1 aliphatic rings. The van der Waals surface area contributed by atoms with Gasteiger partial charge in [-0.2, -0.15) is 11.8 Å². The lowest BCUT2D eigenvalue weighted by atomic mass is 10.1. The molecule has 1 fully saturated rings. The minimum atomic E-state index is 0.397. The van der Waals surface area contributed by atoms with Crippen molar-refractivity contribution in [2.45, 2.75) is 45.4 Å². The van der Waals surface area contributed by atoms with Crippen LogP contribution in [0.15, 0.2) is 0 Å². The Labute approximate surface area is 85.8 Å². The van der Waals surface area contributed by atoms with Crippen molar-refractivity contribution >= 4 is 11.8 Å². The zero-order valence-corrected chi connectivity index (χ0v) is 9.69. The van der Waals surface area contributed by atoms with Gasteiger partial charge in [-0.3, -0.25) is 0 Å². The Morgan fingerprint density at radius 1 is 1.62 bits per heavy atom. The van der Waals surface area contributed by atoms with Gasteiger partial charge < -0.3 is 10.1 Å². The first kappa shape index (κ1) is 11.3. The second kappa shape index (κ2) is 5.89. The number of rotatable bonds is 5. The first-order valence-corrected chi connectivity index (χ1v) is 6.35. The van der Waals surface area contributed by atoms with Crippen LogP contribution in [-0.4, -0.2) is 36.3 Å². The standard InChI is InChI=1S/C10H21NOS/c1-4-13-7-8(2)11-10-5-6-12-9(10)3/h8-11H,4-7H2,1-3H3. The minimum Gasteiger partial charge on any atom is -0.377 e. The van der Waals surface area contributed by atoms with Crippen molar-refractivity contribution in [1.29, 1.82) is 0 Å². The van der Waals surface area contributed by atoms with Crippen molar-refractivity contribution in [2.24, 2.45) is 0 Å². The van der Waals surface area contributed by atoms with Crippen LogP contribution < -0.4 is 5.32 Å². The lowest BCUT2D eigenvalue weighted by Crippen LogP contribution is -2.41. The summed E-state index contributed by atoms with van der Waals surface area (Å²) in [5.74, 6) is 2.42. The van der Waals surface area contributed by atoms with E-state index in [1.807, 2.05) is 11.8 Å². The maximum atomic E-state index is 5.50. The van der Waals surface area contributed by atoms with Gasteiger partial charge in [-0.15, -0.1) is 0 Å². The van der Waals surface area contributed by atoms with Crippen LogP contribution in [0, 0.1) is 0 Å². The Kier molecular flexibility index (Phi) is 5.14. The Balaban J connectivity index is 2.15. The third-order valence-electron chi connectivity index (χ3n) is 2.45. The van der Waals surface area contributed by atoms with Crippen LogP contribution in [0.5, 0.6) is 0 Å². The molecule has 0 amide bonds. The van der Waals surface area contributed by atoms with E-state index in [9.17, 15) is 0 Å². The summed E-state index contributed by atoms with van der Waals surface area (Å²) in [7, 11) is 0. The molecule has 0 spiro atoms. The number of hydrogen-bond donors (Lipinski definition) is 1. The van der Waals surface area contributed by atoms with E-state index in [1.165, 1.54) is 17.9 Å². The predicted octanol–water partition coefficient (Wildman–Crippen LogP) is 1.90. The molecule has 1 rings (SSSR count). The second-order valence-corrected chi connectivity index (χ2v) is 5.02. The Bertz CT molecular complexity index is 143. The average Bonchev–Trinajstić information content (AvgIpc) is 2.48. The van der Waals surface area contributed by atoms with Gasteiger partial charge >= 0.3 is 0 Å². The van der Waals surface area contributed by atoms with Crippen LogP contribution in [0.2, 0.25) is 0 Å². The van der Waals surface area contributed by atoms with E-state index in [-0.39, 0.29) is 0 Å². The number of nitrogens with one attached hydrogen (secondary N) is 1. The maximum Gasteiger partial charge on any atom is 0.0700 e. The van der Waals surface area contributed by atoms with Gasteiger partial charge in [0.1, 0.15) is 0 Å². The normalized spacial score (nSPS) is 30.7. The van der Waals surface area contributed by atoms with Crippen molar-refractivity contribution in [2.75, 3.05) is 18.1 Å². The van der Waals surface area contributed by atoms with Gasteiger partial charge in [0.05, 0.1) is 6.10 Å². The number of ether oxygens (including phenoxy) is 1. The first-order chi connectivity index (χ1) is 6.24. The fraction of sp³-hybridized carbons (Fsp3) is 1.00. The van der Waals surface area contributed by atoms with E-state index in [0.29, 0.717) is 18.2 Å². The fourth-order valence-electron chi connectivity index (χ4n) is 1.66. The lowest BCUT2D eigenvalue weighted by Gasteiger charge is -2.21. The molecule has 0 aromatic rings. The van der Waals surface area contributed by atoms with E-state index in [0.717, 1.165) is 6.61 Å². The van der Waals surface area contributed by atoms with Crippen molar-refractivity contribution in [3.63, 3.8) is 0 Å². The minimum absolute atomic E-state index is 0.397. The maximum absolute atomic E-state index is 5.50. The second-order valence-electron chi connectivity index (χ2n) is 3.70. The summed E-state index contributed by atoms with van der Waals surface area (Å²) in [5, 5.41) is 3.62. The molecule has 78 valence electrons. The first-order valence-electron chi connectivity index (χ1n) is 5.19. The molecule has 0 bridgehead atoms. The molecule has 1 saturated heterocycles. The van der Waals surface area contributed by atoms with Gasteiger partial charge in [0.25, 0.3) is 0 Å². The Hall–Kier alpha value is 0.270. The van der Waals surface area contributed by atoms with Gasteiger partial charge in [0.15, 0.2) is 0 Å². The molecule has 13 heavy (non-hydrogen) atoms. The zero-order chi connectivity index (χ0) is 9.68. The third kappa shape index (κ3) is 3.88. The van der Waals surface area contributed by atoms with Crippen LogP contribution in [0.3, 0.4) is 0 Å². The predicted molar refractivity (Wildman–Crippen MR) is 59.4 cm³/mol. The van der Waals surface area contributed by atoms with Crippen LogP contribution in [0.25, 0.3) is 0 Å². The summed E-state index contributed by atoms with van der Waals surface area (Å²) in [4.78, 5) is 0. The number of hydrogen-bond acceptors (Lipinski definition) is 3. The zero-order valence-electron chi connectivity index (χ0n) is 8.88. The molecule has 0 radical (unpaired) electrons. The summed E-state index contributed by atoms with van der Waals surface area (Å²) in [6.07, 6.45) is 1.57. The Morgan fingerprint density at radius 3 is 2.92 bits per heavy atom. The molecule has 0 saturated carbocycles. The van der Waals surface area contributed by atoms with Gasteiger partial charge in [-0.05, 0) is 26.0 Å². The van der Waals surface area contributed by atoms with E-state index >= 15 is 0 Å². The molecule has 1 aliphatic heterocycles. The highest BCUT2D eigenvalue weighted by Gasteiger charge is 2.24. The van der Waals surface area contributed by atoms with E-state index in [1.54, 1.807) is 0 Å². The van der Waals surface area contributed by atoms with Gasteiger partial charge in [0.2, 0.25) is 0 Å². The van der Waals surface area contributed by atoms with Crippen LogP contribution in [0.4, 0.5) is 0 Å². The van der Waals surface area contributed by atoms with Crippen molar-refractivity contribution in [1.82, 2.24) is 5.32 Å². The van der Waals surface area contributed by atoms with E-state index in [2.05, 4.69) is 26.1 Å². The number of thioether (sulfide) groups is 1. The molecular formula is C10H21NOS. The highest BCUT2D eigenvalue weighted by atomic mass is 32.2. The van der Waals surface area contributed by atoms with Gasteiger partial charge in [0, 0.05) is 24.4 Å². The molecule has 1 N–H and O–H groups in total. The molecule has 3 atom stereocenters. The summed E-state index contributed by atoms with van der Waals surface area (Å²) in [6, 6.07) is 1.19. The van der Waals surface area contributed by atoms with Gasteiger partial charge in [-0.1, -0.05) is 6.92 Å². The molecule has 1 heterocycles. The van der Waals surface area contributed by atoms with Crippen LogP contribution in [0.1, 0.15) is 27.2 Å². The highest BCUT2D eigenvalue weighted by Crippen LogP contribution is 2.14. The van der Waals surface area contributed by atoms with Crippen molar-refractivity contribution in [3.05, 3.63) is 0 Å². The van der Waals surface area contributed by atoms with Crippen molar-refractivity contribution in [3.8, 4) is 0 Å². The monoisotopic (exact) mass is 203 g/mol. The molecule has 2 nitrogen and oxygen atoms in total. The van der Waals surface area contributed by atoms with Gasteiger partial charge in [-0.25, -0.2) is 0 Å². The average molecular weight is 203 g/mol. The van der Waals surface area contributed by atoms with Crippen LogP contribution in [-0.2, 0) is 4.74 Å². The van der Waals surface area contributed by atoms with Crippen molar-refractivity contribution < 1.29 is 4.74 Å². The fourth-order valence-corrected chi connectivity index (χ4v) is 2.34. The SMILES string of the molecule is CCSCC(C)NC1CCOC1C.